The summed E-state index contributed by atoms with van der Waals surface area (Å²) >= 11 is 0. The van der Waals surface area contributed by atoms with E-state index in [0.717, 1.165) is 5.56 Å². The Kier molecular flexibility index (Phi) is 3.77. The van der Waals surface area contributed by atoms with Gasteiger partial charge in [-0.2, -0.15) is 0 Å². The fourth-order valence-electron chi connectivity index (χ4n) is 2.32. The van der Waals surface area contributed by atoms with Crippen LogP contribution in [0.15, 0.2) is 46.9 Å². The Labute approximate surface area is 141 Å². The van der Waals surface area contributed by atoms with E-state index in [4.69, 9.17) is 13.9 Å². The number of ether oxygens (including phenoxy) is 2. The Morgan fingerprint density at radius 2 is 1.88 bits per heavy atom. The summed E-state index contributed by atoms with van der Waals surface area (Å²) in [7, 11) is 0. The van der Waals surface area contributed by atoms with Crippen molar-refractivity contribution in [3.8, 4) is 23.0 Å². The molecule has 0 saturated carbocycles. The van der Waals surface area contributed by atoms with E-state index >= 15 is 0 Å². The minimum Gasteiger partial charge on any atom is -0.454 e. The number of carbonyl (C=O) groups is 1. The second-order valence-electron chi connectivity index (χ2n) is 5.29. The summed E-state index contributed by atoms with van der Waals surface area (Å²) in [5.74, 6) is 0.419. The number of aromatic nitrogens is 2. The van der Waals surface area contributed by atoms with E-state index in [-0.39, 0.29) is 30.9 Å². The molecule has 8 heteroatoms. The highest BCUT2D eigenvalue weighted by Crippen LogP contribution is 2.35. The molecular formula is C17H12FN3O4. The number of rotatable bonds is 4. The highest BCUT2D eigenvalue weighted by atomic mass is 19.1. The van der Waals surface area contributed by atoms with Gasteiger partial charge in [0.25, 0.3) is 0 Å². The van der Waals surface area contributed by atoms with Gasteiger partial charge in [0.05, 0.1) is 0 Å². The first kappa shape index (κ1) is 15.1. The van der Waals surface area contributed by atoms with Gasteiger partial charge in [0.1, 0.15) is 5.82 Å². The maximum Gasteiger partial charge on any atom is 0.309 e. The number of carbonyl (C=O) groups excluding carboxylic acids is 1. The number of nitrogens with zero attached hydrogens (tertiary/aromatic N) is 2. The molecule has 0 bridgehead atoms. The molecule has 2 heterocycles. The normalized spacial score (nSPS) is 12.2. The molecule has 0 spiro atoms. The summed E-state index contributed by atoms with van der Waals surface area (Å²) in [5, 5.41) is 10.3. The molecule has 126 valence electrons. The largest absolute Gasteiger partial charge is 0.454 e. The van der Waals surface area contributed by atoms with Gasteiger partial charge < -0.3 is 19.2 Å². The van der Waals surface area contributed by atoms with Gasteiger partial charge in [-0.1, -0.05) is 12.1 Å². The summed E-state index contributed by atoms with van der Waals surface area (Å²) in [6, 6.07) is 11.0. The van der Waals surface area contributed by atoms with Crippen LogP contribution in [0.3, 0.4) is 0 Å². The summed E-state index contributed by atoms with van der Waals surface area (Å²) in [6.07, 6.45) is 0. The van der Waals surface area contributed by atoms with Crippen LogP contribution in [-0.2, 0) is 6.54 Å². The lowest BCUT2D eigenvalue weighted by Gasteiger charge is -2.02. The predicted octanol–water partition coefficient (Wildman–Crippen LogP) is 2.53. The number of hydrogen-bond acceptors (Lipinski definition) is 6. The Morgan fingerprint density at radius 3 is 2.72 bits per heavy atom. The SMILES string of the molecule is O=C(NCc1ccc(F)cc1)c1nnc(-c2ccc3c(c2)OCO3)o1. The Bertz CT molecular complexity index is 924. The Balaban J connectivity index is 1.45. The molecule has 25 heavy (non-hydrogen) atoms. The van der Waals surface area contributed by atoms with Crippen molar-refractivity contribution in [3.63, 3.8) is 0 Å². The van der Waals surface area contributed by atoms with Crippen LogP contribution in [-0.4, -0.2) is 22.9 Å². The van der Waals surface area contributed by atoms with Gasteiger partial charge in [-0.3, -0.25) is 4.79 Å². The minimum absolute atomic E-state index is 0.158. The van der Waals surface area contributed by atoms with Gasteiger partial charge in [0, 0.05) is 12.1 Å². The smallest absolute Gasteiger partial charge is 0.309 e. The van der Waals surface area contributed by atoms with Crippen LogP contribution in [0.2, 0.25) is 0 Å². The highest BCUT2D eigenvalue weighted by molar-refractivity contribution is 5.89. The predicted molar refractivity (Wildman–Crippen MR) is 83.4 cm³/mol. The molecule has 0 radical (unpaired) electrons. The van der Waals surface area contributed by atoms with Crippen molar-refractivity contribution in [2.45, 2.75) is 6.54 Å². The van der Waals surface area contributed by atoms with Gasteiger partial charge in [0.15, 0.2) is 11.5 Å². The van der Waals surface area contributed by atoms with E-state index in [1.54, 1.807) is 30.3 Å². The zero-order chi connectivity index (χ0) is 17.2. The molecule has 0 aliphatic carbocycles. The molecule has 0 unspecified atom stereocenters. The molecule has 0 atom stereocenters. The molecule has 2 aromatic carbocycles. The zero-order valence-corrected chi connectivity index (χ0v) is 12.9. The first-order valence-corrected chi connectivity index (χ1v) is 7.45. The lowest BCUT2D eigenvalue weighted by Crippen LogP contribution is -2.23. The first-order chi connectivity index (χ1) is 12.2. The van der Waals surface area contributed by atoms with Crippen LogP contribution >= 0.6 is 0 Å². The molecule has 1 aromatic heterocycles. The van der Waals surface area contributed by atoms with Crippen LogP contribution in [0.4, 0.5) is 4.39 Å². The molecule has 1 amide bonds. The van der Waals surface area contributed by atoms with Gasteiger partial charge in [0.2, 0.25) is 12.7 Å². The lowest BCUT2D eigenvalue weighted by atomic mass is 10.2. The van der Waals surface area contributed by atoms with Crippen molar-refractivity contribution in [1.82, 2.24) is 15.5 Å². The van der Waals surface area contributed by atoms with E-state index in [2.05, 4.69) is 15.5 Å². The summed E-state index contributed by atoms with van der Waals surface area (Å²) in [6.45, 7) is 0.389. The second kappa shape index (κ2) is 6.23. The van der Waals surface area contributed by atoms with Crippen molar-refractivity contribution in [2.24, 2.45) is 0 Å². The summed E-state index contributed by atoms with van der Waals surface area (Å²) < 4.78 is 28.8. The average Bonchev–Trinajstić information content (AvgIpc) is 3.29. The molecule has 1 aliphatic heterocycles. The van der Waals surface area contributed by atoms with Gasteiger partial charge in [-0.15, -0.1) is 10.2 Å². The zero-order valence-electron chi connectivity index (χ0n) is 12.9. The minimum atomic E-state index is -0.510. The van der Waals surface area contributed by atoms with Crippen molar-refractivity contribution in [3.05, 3.63) is 59.7 Å². The third kappa shape index (κ3) is 3.14. The van der Waals surface area contributed by atoms with Gasteiger partial charge >= 0.3 is 11.8 Å². The van der Waals surface area contributed by atoms with E-state index in [1.807, 2.05) is 0 Å². The fourth-order valence-corrected chi connectivity index (χ4v) is 2.32. The molecule has 4 rings (SSSR count). The van der Waals surface area contributed by atoms with Crippen LogP contribution in [0, 0.1) is 5.82 Å². The quantitative estimate of drug-likeness (QED) is 0.785. The molecule has 0 fully saturated rings. The highest BCUT2D eigenvalue weighted by Gasteiger charge is 2.19. The molecule has 0 saturated heterocycles. The number of halogens is 1. The van der Waals surface area contributed by atoms with Crippen LogP contribution in [0.25, 0.3) is 11.5 Å². The maximum atomic E-state index is 12.9. The molecule has 7 nitrogen and oxygen atoms in total. The number of hydrogen-bond donors (Lipinski definition) is 1. The second-order valence-corrected chi connectivity index (χ2v) is 5.29. The van der Waals surface area contributed by atoms with Crippen LogP contribution in [0.1, 0.15) is 16.2 Å². The van der Waals surface area contributed by atoms with E-state index in [9.17, 15) is 9.18 Å². The van der Waals surface area contributed by atoms with Crippen molar-refractivity contribution >= 4 is 5.91 Å². The Hall–Kier alpha value is -3.42. The number of fused-ring (bicyclic) bond motifs is 1. The van der Waals surface area contributed by atoms with Crippen molar-refractivity contribution in [1.29, 1.82) is 0 Å². The first-order valence-electron chi connectivity index (χ1n) is 7.45. The number of benzene rings is 2. The summed E-state index contributed by atoms with van der Waals surface area (Å²) in [5.41, 5.74) is 1.37. The lowest BCUT2D eigenvalue weighted by molar-refractivity contribution is 0.0917. The van der Waals surface area contributed by atoms with Crippen molar-refractivity contribution < 1.29 is 23.1 Å². The van der Waals surface area contributed by atoms with Crippen LogP contribution < -0.4 is 14.8 Å². The number of nitrogens with one attached hydrogen (secondary N) is 1. The van der Waals surface area contributed by atoms with E-state index in [0.29, 0.717) is 17.1 Å². The molecule has 3 aromatic rings. The van der Waals surface area contributed by atoms with E-state index in [1.165, 1.54) is 12.1 Å². The molecule has 1 N–H and O–H groups in total. The van der Waals surface area contributed by atoms with Crippen molar-refractivity contribution in [2.75, 3.05) is 6.79 Å². The van der Waals surface area contributed by atoms with E-state index < -0.39 is 5.91 Å². The van der Waals surface area contributed by atoms with Gasteiger partial charge in [-0.05, 0) is 35.9 Å². The third-order valence-electron chi connectivity index (χ3n) is 3.61. The third-order valence-corrected chi connectivity index (χ3v) is 3.61. The summed E-state index contributed by atoms with van der Waals surface area (Å²) in [4.78, 5) is 12.1. The maximum absolute atomic E-state index is 12.9. The van der Waals surface area contributed by atoms with Gasteiger partial charge in [-0.25, -0.2) is 4.39 Å². The molecule has 1 aliphatic rings. The Morgan fingerprint density at radius 1 is 1.08 bits per heavy atom. The topological polar surface area (TPSA) is 86.5 Å². The van der Waals surface area contributed by atoms with Crippen LogP contribution in [0.5, 0.6) is 11.5 Å². The molecular weight excluding hydrogens is 329 g/mol. The number of amides is 1. The monoisotopic (exact) mass is 341 g/mol. The fraction of sp³-hybridized carbons (Fsp3) is 0.118. The standard InChI is InChI=1S/C17H12FN3O4/c18-12-4-1-10(2-5-12)8-19-15(22)17-21-20-16(25-17)11-3-6-13-14(7-11)24-9-23-13/h1-7H,8-9H2,(H,19,22). The average molecular weight is 341 g/mol.